The highest BCUT2D eigenvalue weighted by Gasteiger charge is 2.22. The minimum absolute atomic E-state index is 0. The summed E-state index contributed by atoms with van der Waals surface area (Å²) in [5.41, 5.74) is 1.21. The van der Waals surface area contributed by atoms with Crippen molar-refractivity contribution in [2.45, 2.75) is 12.5 Å². The summed E-state index contributed by atoms with van der Waals surface area (Å²) in [6, 6.07) is 7.99. The van der Waals surface area contributed by atoms with Gasteiger partial charge in [0.1, 0.15) is 21.7 Å². The summed E-state index contributed by atoms with van der Waals surface area (Å²) in [6.07, 6.45) is 2.15. The number of guanidine groups is 1. The fourth-order valence-electron chi connectivity index (χ4n) is 2.15. The van der Waals surface area contributed by atoms with Crippen molar-refractivity contribution >= 4 is 39.8 Å². The molecule has 0 aromatic heterocycles. The lowest BCUT2D eigenvalue weighted by Crippen LogP contribution is -2.43. The van der Waals surface area contributed by atoms with Crippen LogP contribution in [0, 0.1) is 0 Å². The van der Waals surface area contributed by atoms with Crippen molar-refractivity contribution in [1.82, 2.24) is 10.6 Å². The SMILES string of the molecule is CN=C(NCCS(C)(=O)=O)NCC1Cc2ccccc2O1.I. The van der Waals surface area contributed by atoms with Crippen molar-refractivity contribution < 1.29 is 13.2 Å². The molecule has 0 spiro atoms. The number of sulfone groups is 1. The number of ether oxygens (including phenoxy) is 1. The van der Waals surface area contributed by atoms with Crippen LogP contribution in [0.5, 0.6) is 5.75 Å². The third-order valence-electron chi connectivity index (χ3n) is 3.20. The predicted octanol–water partition coefficient (Wildman–Crippen LogP) is 0.818. The van der Waals surface area contributed by atoms with Crippen molar-refractivity contribution in [3.8, 4) is 5.75 Å². The van der Waals surface area contributed by atoms with Crippen LogP contribution < -0.4 is 15.4 Å². The van der Waals surface area contributed by atoms with Gasteiger partial charge in [-0.1, -0.05) is 18.2 Å². The summed E-state index contributed by atoms with van der Waals surface area (Å²) in [5, 5.41) is 6.13. The molecule has 1 unspecified atom stereocenters. The van der Waals surface area contributed by atoms with E-state index in [1.807, 2.05) is 18.2 Å². The van der Waals surface area contributed by atoms with Gasteiger partial charge in [0.15, 0.2) is 5.96 Å². The number of fused-ring (bicyclic) bond motifs is 1. The fourth-order valence-corrected chi connectivity index (χ4v) is 2.63. The Kier molecular flexibility index (Phi) is 7.40. The van der Waals surface area contributed by atoms with Gasteiger partial charge in [0.05, 0.1) is 12.3 Å². The minimum Gasteiger partial charge on any atom is -0.488 e. The molecule has 124 valence electrons. The second-order valence-corrected chi connectivity index (χ2v) is 7.32. The second kappa shape index (κ2) is 8.56. The number of halogens is 1. The molecule has 1 atom stereocenters. The van der Waals surface area contributed by atoms with Crippen molar-refractivity contribution in [3.05, 3.63) is 29.8 Å². The number of nitrogens with one attached hydrogen (secondary N) is 2. The summed E-state index contributed by atoms with van der Waals surface area (Å²) < 4.78 is 28.0. The Morgan fingerprint density at radius 3 is 2.73 bits per heavy atom. The first kappa shape index (κ1) is 19.0. The largest absolute Gasteiger partial charge is 0.488 e. The van der Waals surface area contributed by atoms with Gasteiger partial charge in [-0.2, -0.15) is 0 Å². The van der Waals surface area contributed by atoms with E-state index in [1.54, 1.807) is 7.05 Å². The highest BCUT2D eigenvalue weighted by molar-refractivity contribution is 14.0. The number of hydrogen-bond acceptors (Lipinski definition) is 4. The first-order valence-electron chi connectivity index (χ1n) is 6.85. The van der Waals surface area contributed by atoms with Gasteiger partial charge in [0.25, 0.3) is 0 Å². The van der Waals surface area contributed by atoms with E-state index in [0.29, 0.717) is 19.0 Å². The van der Waals surface area contributed by atoms with Crippen molar-refractivity contribution in [1.29, 1.82) is 0 Å². The van der Waals surface area contributed by atoms with Gasteiger partial charge in [-0.25, -0.2) is 8.42 Å². The second-order valence-electron chi connectivity index (χ2n) is 5.06. The first-order chi connectivity index (χ1) is 9.98. The highest BCUT2D eigenvalue weighted by Crippen LogP contribution is 2.27. The molecule has 1 aliphatic rings. The lowest BCUT2D eigenvalue weighted by Gasteiger charge is -2.15. The molecule has 1 aromatic rings. The molecular weight excluding hydrogens is 417 g/mol. The zero-order chi connectivity index (χ0) is 15.3. The molecule has 8 heteroatoms. The minimum atomic E-state index is -2.96. The van der Waals surface area contributed by atoms with Crippen LogP contribution in [0.25, 0.3) is 0 Å². The summed E-state index contributed by atoms with van der Waals surface area (Å²) in [6.45, 7) is 0.956. The van der Waals surface area contributed by atoms with Crippen molar-refractivity contribution in [2.75, 3.05) is 32.1 Å². The number of hydrogen-bond donors (Lipinski definition) is 2. The van der Waals surface area contributed by atoms with Crippen LogP contribution in [0.4, 0.5) is 0 Å². The molecule has 0 radical (unpaired) electrons. The Hall–Kier alpha value is -1.03. The number of aliphatic imine (C=N–C) groups is 1. The number of rotatable bonds is 5. The molecule has 6 nitrogen and oxygen atoms in total. The van der Waals surface area contributed by atoms with Crippen LogP contribution in [0.3, 0.4) is 0 Å². The van der Waals surface area contributed by atoms with E-state index >= 15 is 0 Å². The topological polar surface area (TPSA) is 79.8 Å². The van der Waals surface area contributed by atoms with Gasteiger partial charge in [-0.3, -0.25) is 4.99 Å². The van der Waals surface area contributed by atoms with Gasteiger partial charge in [0, 0.05) is 26.3 Å². The molecule has 1 heterocycles. The molecule has 0 aliphatic carbocycles. The smallest absolute Gasteiger partial charge is 0.191 e. The molecule has 1 aromatic carbocycles. The van der Waals surface area contributed by atoms with E-state index in [1.165, 1.54) is 11.8 Å². The standard InChI is InChI=1S/C14H21N3O3S.HI/c1-15-14(16-7-8-21(2,18)19)17-10-12-9-11-5-3-4-6-13(11)20-12;/h3-6,12H,7-10H2,1-2H3,(H2,15,16,17);1H. The van der Waals surface area contributed by atoms with E-state index < -0.39 is 9.84 Å². The molecule has 2 rings (SSSR count). The van der Waals surface area contributed by atoms with Gasteiger partial charge in [-0.05, 0) is 11.6 Å². The van der Waals surface area contributed by atoms with Crippen LogP contribution in [-0.2, 0) is 16.3 Å². The highest BCUT2D eigenvalue weighted by atomic mass is 127. The van der Waals surface area contributed by atoms with Crippen molar-refractivity contribution in [2.24, 2.45) is 4.99 Å². The van der Waals surface area contributed by atoms with Gasteiger partial charge in [-0.15, -0.1) is 24.0 Å². The monoisotopic (exact) mass is 439 g/mol. The Morgan fingerprint density at radius 2 is 2.09 bits per heavy atom. The maximum absolute atomic E-state index is 11.1. The average molecular weight is 439 g/mol. The van der Waals surface area contributed by atoms with E-state index in [0.717, 1.165) is 12.2 Å². The van der Waals surface area contributed by atoms with Crippen LogP contribution in [0.2, 0.25) is 0 Å². The quantitative estimate of drug-likeness (QED) is 0.404. The zero-order valence-electron chi connectivity index (χ0n) is 12.7. The Morgan fingerprint density at radius 1 is 1.36 bits per heavy atom. The summed E-state index contributed by atoms with van der Waals surface area (Å²) in [4.78, 5) is 4.06. The maximum Gasteiger partial charge on any atom is 0.191 e. The van der Waals surface area contributed by atoms with Crippen LogP contribution >= 0.6 is 24.0 Å². The normalized spacial score (nSPS) is 17.2. The predicted molar refractivity (Wildman–Crippen MR) is 99.1 cm³/mol. The number of nitrogens with zero attached hydrogens (tertiary/aromatic N) is 1. The Balaban J connectivity index is 0.00000242. The van der Waals surface area contributed by atoms with E-state index in [2.05, 4.69) is 21.7 Å². The molecule has 22 heavy (non-hydrogen) atoms. The lowest BCUT2D eigenvalue weighted by atomic mass is 10.1. The summed E-state index contributed by atoms with van der Waals surface area (Å²) in [5.74, 6) is 1.60. The van der Waals surface area contributed by atoms with Crippen LogP contribution in [0.1, 0.15) is 5.56 Å². The van der Waals surface area contributed by atoms with E-state index in [-0.39, 0.29) is 35.8 Å². The van der Waals surface area contributed by atoms with Gasteiger partial charge in [0.2, 0.25) is 0 Å². The van der Waals surface area contributed by atoms with E-state index in [9.17, 15) is 8.42 Å². The van der Waals surface area contributed by atoms with Crippen molar-refractivity contribution in [3.63, 3.8) is 0 Å². The molecule has 2 N–H and O–H groups in total. The van der Waals surface area contributed by atoms with E-state index in [4.69, 9.17) is 4.74 Å². The van der Waals surface area contributed by atoms with Gasteiger partial charge < -0.3 is 15.4 Å². The third kappa shape index (κ3) is 5.99. The fraction of sp³-hybridized carbons (Fsp3) is 0.500. The molecule has 0 saturated carbocycles. The number of para-hydroxylation sites is 1. The molecular formula is C14H22IN3O3S. The summed E-state index contributed by atoms with van der Waals surface area (Å²) >= 11 is 0. The summed E-state index contributed by atoms with van der Waals surface area (Å²) in [7, 11) is -1.31. The zero-order valence-corrected chi connectivity index (χ0v) is 15.9. The molecule has 0 bridgehead atoms. The molecule has 1 aliphatic heterocycles. The van der Waals surface area contributed by atoms with Gasteiger partial charge >= 0.3 is 0 Å². The lowest BCUT2D eigenvalue weighted by molar-refractivity contribution is 0.235. The van der Waals surface area contributed by atoms with Crippen LogP contribution in [0.15, 0.2) is 29.3 Å². The average Bonchev–Trinajstić information content (AvgIpc) is 2.84. The number of benzene rings is 1. The maximum atomic E-state index is 11.1. The third-order valence-corrected chi connectivity index (χ3v) is 4.15. The molecule has 0 saturated heterocycles. The first-order valence-corrected chi connectivity index (χ1v) is 8.91. The molecule has 0 amide bonds. The van der Waals surface area contributed by atoms with Crippen LogP contribution in [-0.4, -0.2) is 52.6 Å². The Bertz CT molecular complexity index is 595. The Labute approximate surface area is 148 Å². The molecule has 0 fully saturated rings.